The van der Waals surface area contributed by atoms with Crippen LogP contribution in [0.3, 0.4) is 0 Å². The van der Waals surface area contributed by atoms with Gasteiger partial charge >= 0.3 is 0 Å². The van der Waals surface area contributed by atoms with Gasteiger partial charge in [-0.15, -0.1) is 11.3 Å². The standard InChI is InChI=1S/C14H14N2OS/c1-10(7-8-15)16(2)14(17)13-9-11-5-3-4-6-12(11)18-13/h3-6,9-10H,7H2,1-2H3. The van der Waals surface area contributed by atoms with E-state index in [0.717, 1.165) is 15.0 Å². The lowest BCUT2D eigenvalue weighted by molar-refractivity contribution is 0.0751. The average molecular weight is 258 g/mol. The molecule has 0 saturated carbocycles. The summed E-state index contributed by atoms with van der Waals surface area (Å²) in [6, 6.07) is 11.9. The molecule has 1 amide bonds. The number of rotatable bonds is 3. The molecule has 1 heterocycles. The molecule has 1 aromatic carbocycles. The molecule has 0 aliphatic rings. The van der Waals surface area contributed by atoms with Gasteiger partial charge in [0.25, 0.3) is 5.91 Å². The van der Waals surface area contributed by atoms with Gasteiger partial charge in [0.2, 0.25) is 0 Å². The molecule has 4 heteroatoms. The summed E-state index contributed by atoms with van der Waals surface area (Å²) in [5, 5.41) is 9.76. The van der Waals surface area contributed by atoms with E-state index in [1.807, 2.05) is 37.3 Å². The van der Waals surface area contributed by atoms with Gasteiger partial charge in [-0.25, -0.2) is 0 Å². The Kier molecular flexibility index (Phi) is 3.63. The van der Waals surface area contributed by atoms with E-state index < -0.39 is 0 Å². The van der Waals surface area contributed by atoms with Gasteiger partial charge in [-0.2, -0.15) is 5.26 Å². The molecule has 3 nitrogen and oxygen atoms in total. The second-order valence-electron chi connectivity index (χ2n) is 4.28. The van der Waals surface area contributed by atoms with Crippen LogP contribution in [0, 0.1) is 11.3 Å². The second kappa shape index (κ2) is 5.19. The maximum Gasteiger partial charge on any atom is 0.263 e. The lowest BCUT2D eigenvalue weighted by Crippen LogP contribution is -2.34. The first kappa shape index (κ1) is 12.6. The van der Waals surface area contributed by atoms with Crippen molar-refractivity contribution in [1.29, 1.82) is 5.26 Å². The summed E-state index contributed by atoms with van der Waals surface area (Å²) in [4.78, 5) is 14.6. The van der Waals surface area contributed by atoms with Crippen molar-refractivity contribution < 1.29 is 4.79 Å². The minimum Gasteiger partial charge on any atom is -0.337 e. The zero-order valence-electron chi connectivity index (χ0n) is 10.4. The number of nitrogens with zero attached hydrogens (tertiary/aromatic N) is 2. The van der Waals surface area contributed by atoms with Crippen LogP contribution < -0.4 is 0 Å². The fraction of sp³-hybridized carbons (Fsp3) is 0.286. The molecule has 0 radical (unpaired) electrons. The molecule has 0 spiro atoms. The number of fused-ring (bicyclic) bond motifs is 1. The van der Waals surface area contributed by atoms with Crippen molar-refractivity contribution >= 4 is 27.3 Å². The molecule has 1 atom stereocenters. The molecule has 1 unspecified atom stereocenters. The van der Waals surface area contributed by atoms with Crippen LogP contribution in [-0.4, -0.2) is 23.9 Å². The van der Waals surface area contributed by atoms with E-state index >= 15 is 0 Å². The molecule has 0 fully saturated rings. The fourth-order valence-electron chi connectivity index (χ4n) is 1.73. The SMILES string of the molecule is CC(CC#N)N(C)C(=O)c1cc2ccccc2s1. The zero-order chi connectivity index (χ0) is 13.1. The Bertz CT molecular complexity index is 579. The van der Waals surface area contributed by atoms with Crippen molar-refractivity contribution in [3.05, 3.63) is 35.2 Å². The number of hydrogen-bond acceptors (Lipinski definition) is 3. The molecular formula is C14H14N2OS. The van der Waals surface area contributed by atoms with E-state index in [-0.39, 0.29) is 11.9 Å². The fourth-order valence-corrected chi connectivity index (χ4v) is 2.78. The van der Waals surface area contributed by atoms with Gasteiger partial charge < -0.3 is 4.90 Å². The van der Waals surface area contributed by atoms with Crippen LogP contribution in [0.1, 0.15) is 23.0 Å². The molecule has 0 saturated heterocycles. The summed E-state index contributed by atoms with van der Waals surface area (Å²) in [6.45, 7) is 1.88. The minimum absolute atomic E-state index is 0.0149. The van der Waals surface area contributed by atoms with E-state index in [1.54, 1.807) is 11.9 Å². The topological polar surface area (TPSA) is 44.1 Å². The third kappa shape index (κ3) is 2.36. The van der Waals surface area contributed by atoms with Gasteiger partial charge in [-0.05, 0) is 24.4 Å². The van der Waals surface area contributed by atoms with E-state index in [1.165, 1.54) is 11.3 Å². The Morgan fingerprint density at radius 2 is 2.22 bits per heavy atom. The van der Waals surface area contributed by atoms with Crippen LogP contribution in [0.5, 0.6) is 0 Å². The minimum atomic E-state index is -0.0623. The highest BCUT2D eigenvalue weighted by atomic mass is 32.1. The van der Waals surface area contributed by atoms with E-state index in [0.29, 0.717) is 6.42 Å². The molecule has 18 heavy (non-hydrogen) atoms. The van der Waals surface area contributed by atoms with Gasteiger partial charge in [0, 0.05) is 17.8 Å². The number of carbonyl (C=O) groups is 1. The van der Waals surface area contributed by atoms with Crippen LogP contribution in [0.25, 0.3) is 10.1 Å². The van der Waals surface area contributed by atoms with Crippen molar-refractivity contribution in [2.24, 2.45) is 0 Å². The molecule has 0 aliphatic heterocycles. The molecule has 0 aliphatic carbocycles. The quantitative estimate of drug-likeness (QED) is 0.848. The van der Waals surface area contributed by atoms with Crippen molar-refractivity contribution in [2.45, 2.75) is 19.4 Å². The highest BCUT2D eigenvalue weighted by Crippen LogP contribution is 2.26. The predicted octanol–water partition coefficient (Wildman–Crippen LogP) is 3.28. The smallest absolute Gasteiger partial charge is 0.263 e. The molecule has 2 rings (SSSR count). The molecule has 0 N–H and O–H groups in total. The maximum absolute atomic E-state index is 12.3. The molecule has 1 aromatic heterocycles. The highest BCUT2D eigenvalue weighted by molar-refractivity contribution is 7.20. The molecular weight excluding hydrogens is 244 g/mol. The summed E-state index contributed by atoms with van der Waals surface area (Å²) in [5.41, 5.74) is 0. The first-order chi connectivity index (χ1) is 8.63. The zero-order valence-corrected chi connectivity index (χ0v) is 11.2. The number of hydrogen-bond donors (Lipinski definition) is 0. The third-order valence-electron chi connectivity index (χ3n) is 3.00. The van der Waals surface area contributed by atoms with Crippen LogP contribution in [0.4, 0.5) is 0 Å². The van der Waals surface area contributed by atoms with Gasteiger partial charge in [0.15, 0.2) is 0 Å². The van der Waals surface area contributed by atoms with E-state index in [2.05, 4.69) is 6.07 Å². The Morgan fingerprint density at radius 1 is 1.50 bits per heavy atom. The Morgan fingerprint density at radius 3 is 2.89 bits per heavy atom. The number of amides is 1. The van der Waals surface area contributed by atoms with Gasteiger partial charge in [0.1, 0.15) is 0 Å². The van der Waals surface area contributed by atoms with Crippen LogP contribution in [-0.2, 0) is 0 Å². The summed E-state index contributed by atoms with van der Waals surface area (Å²) in [5.74, 6) is -0.0149. The number of carbonyl (C=O) groups excluding carboxylic acids is 1. The summed E-state index contributed by atoms with van der Waals surface area (Å²) in [6.07, 6.45) is 0.354. The molecule has 92 valence electrons. The normalized spacial score (nSPS) is 12.1. The number of benzene rings is 1. The van der Waals surface area contributed by atoms with Crippen molar-refractivity contribution in [3.63, 3.8) is 0 Å². The van der Waals surface area contributed by atoms with Crippen LogP contribution >= 0.6 is 11.3 Å². The first-order valence-corrected chi connectivity index (χ1v) is 6.58. The average Bonchev–Trinajstić information content (AvgIpc) is 2.81. The van der Waals surface area contributed by atoms with Gasteiger partial charge in [-0.1, -0.05) is 18.2 Å². The van der Waals surface area contributed by atoms with Crippen molar-refractivity contribution in [2.75, 3.05) is 7.05 Å². The Hall–Kier alpha value is -1.86. The van der Waals surface area contributed by atoms with Crippen LogP contribution in [0.15, 0.2) is 30.3 Å². The first-order valence-electron chi connectivity index (χ1n) is 5.76. The second-order valence-corrected chi connectivity index (χ2v) is 5.36. The van der Waals surface area contributed by atoms with Crippen LogP contribution in [0.2, 0.25) is 0 Å². The Balaban J connectivity index is 2.26. The number of thiophene rings is 1. The van der Waals surface area contributed by atoms with Crippen molar-refractivity contribution in [3.8, 4) is 6.07 Å². The predicted molar refractivity (Wildman–Crippen MR) is 73.6 cm³/mol. The summed E-state index contributed by atoms with van der Waals surface area (Å²) < 4.78 is 1.11. The Labute approximate surface area is 110 Å². The van der Waals surface area contributed by atoms with Gasteiger partial charge in [-0.3, -0.25) is 4.79 Å². The van der Waals surface area contributed by atoms with Crippen molar-refractivity contribution in [1.82, 2.24) is 4.90 Å². The summed E-state index contributed by atoms with van der Waals surface area (Å²) in [7, 11) is 1.74. The largest absolute Gasteiger partial charge is 0.337 e. The number of nitriles is 1. The lowest BCUT2D eigenvalue weighted by atomic mass is 10.2. The summed E-state index contributed by atoms with van der Waals surface area (Å²) >= 11 is 1.50. The highest BCUT2D eigenvalue weighted by Gasteiger charge is 2.19. The van der Waals surface area contributed by atoms with E-state index in [9.17, 15) is 4.79 Å². The third-order valence-corrected chi connectivity index (χ3v) is 4.11. The van der Waals surface area contributed by atoms with Gasteiger partial charge in [0.05, 0.1) is 17.4 Å². The maximum atomic E-state index is 12.3. The monoisotopic (exact) mass is 258 g/mol. The van der Waals surface area contributed by atoms with E-state index in [4.69, 9.17) is 5.26 Å². The lowest BCUT2D eigenvalue weighted by Gasteiger charge is -2.22. The molecule has 0 bridgehead atoms. The molecule has 2 aromatic rings.